The summed E-state index contributed by atoms with van der Waals surface area (Å²) in [5.74, 6) is 1.65. The summed E-state index contributed by atoms with van der Waals surface area (Å²) in [4.78, 5) is 23.9. The lowest BCUT2D eigenvalue weighted by Gasteiger charge is -2.23. The average Bonchev–Trinajstić information content (AvgIpc) is 2.78. The maximum atomic E-state index is 12.5. The van der Waals surface area contributed by atoms with Gasteiger partial charge in [-0.25, -0.2) is 9.97 Å². The first-order valence-electron chi connectivity index (χ1n) is 11.4. The summed E-state index contributed by atoms with van der Waals surface area (Å²) in [7, 11) is 0. The third-order valence-corrected chi connectivity index (χ3v) is 6.61. The molecule has 31 heavy (non-hydrogen) atoms. The minimum atomic E-state index is 0.0286. The summed E-state index contributed by atoms with van der Waals surface area (Å²) >= 11 is 7.84. The first kappa shape index (κ1) is 23.9. The largest absolute Gasteiger partial charge is 0.356 e. The highest BCUT2D eigenvalue weighted by Crippen LogP contribution is 2.25. The van der Waals surface area contributed by atoms with Gasteiger partial charge < -0.3 is 10.2 Å². The minimum Gasteiger partial charge on any atom is -0.356 e. The van der Waals surface area contributed by atoms with Crippen LogP contribution in [0.5, 0.6) is 0 Å². The Bertz CT molecular complexity index is 834. The Balaban J connectivity index is 1.58. The molecule has 1 N–H and O–H groups in total. The predicted molar refractivity (Wildman–Crippen MR) is 130 cm³/mol. The lowest BCUT2D eigenvalue weighted by atomic mass is 9.95. The number of hydrogen-bond acceptors (Lipinski definition) is 5. The van der Waals surface area contributed by atoms with Crippen molar-refractivity contribution in [2.75, 3.05) is 18.0 Å². The van der Waals surface area contributed by atoms with E-state index < -0.39 is 0 Å². The SMILES string of the molecule is CCCN(CCC)c1cc(Cl)nc(SCc2ccc(C(=O)NC3CCCCC3)cc2)n1. The summed E-state index contributed by atoms with van der Waals surface area (Å²) in [5, 5.41) is 4.32. The molecule has 5 nitrogen and oxygen atoms in total. The van der Waals surface area contributed by atoms with Crippen LogP contribution in [0.25, 0.3) is 0 Å². The van der Waals surface area contributed by atoms with E-state index >= 15 is 0 Å². The quantitative estimate of drug-likeness (QED) is 0.263. The fourth-order valence-electron chi connectivity index (χ4n) is 3.91. The molecule has 1 aromatic heterocycles. The molecule has 0 aliphatic heterocycles. The number of aromatic nitrogens is 2. The molecule has 3 rings (SSSR count). The second-order valence-corrected chi connectivity index (χ2v) is 9.44. The summed E-state index contributed by atoms with van der Waals surface area (Å²) in [6.07, 6.45) is 8.01. The van der Waals surface area contributed by atoms with Crippen molar-refractivity contribution < 1.29 is 4.79 Å². The van der Waals surface area contributed by atoms with E-state index in [4.69, 9.17) is 16.6 Å². The second-order valence-electron chi connectivity index (χ2n) is 8.11. The molecule has 1 amide bonds. The number of rotatable bonds is 10. The van der Waals surface area contributed by atoms with Crippen LogP contribution in [0.3, 0.4) is 0 Å². The number of halogens is 1. The lowest BCUT2D eigenvalue weighted by Crippen LogP contribution is -2.36. The van der Waals surface area contributed by atoms with Gasteiger partial charge >= 0.3 is 0 Å². The van der Waals surface area contributed by atoms with E-state index in [1.165, 1.54) is 19.3 Å². The number of carbonyl (C=O) groups is 1. The molecule has 0 radical (unpaired) electrons. The molecule has 0 saturated heterocycles. The van der Waals surface area contributed by atoms with Gasteiger partial charge in [-0.05, 0) is 43.4 Å². The molecule has 2 aromatic rings. The van der Waals surface area contributed by atoms with Gasteiger partial charge in [-0.15, -0.1) is 0 Å². The van der Waals surface area contributed by atoms with Gasteiger partial charge in [0.05, 0.1) is 0 Å². The number of hydrogen-bond donors (Lipinski definition) is 1. The number of benzene rings is 1. The third kappa shape index (κ3) is 7.39. The first-order valence-corrected chi connectivity index (χ1v) is 12.8. The highest BCUT2D eigenvalue weighted by atomic mass is 35.5. The molecule has 1 aliphatic carbocycles. The Labute approximate surface area is 195 Å². The Morgan fingerprint density at radius 1 is 1.10 bits per heavy atom. The fourth-order valence-corrected chi connectivity index (χ4v) is 4.95. The third-order valence-electron chi connectivity index (χ3n) is 5.50. The minimum absolute atomic E-state index is 0.0286. The predicted octanol–water partition coefficient (Wildman–Crippen LogP) is 6.11. The zero-order valence-electron chi connectivity index (χ0n) is 18.6. The van der Waals surface area contributed by atoms with E-state index in [-0.39, 0.29) is 5.91 Å². The summed E-state index contributed by atoms with van der Waals surface area (Å²) < 4.78 is 0. The van der Waals surface area contributed by atoms with Gasteiger partial charge in [-0.3, -0.25) is 4.79 Å². The molecule has 168 valence electrons. The van der Waals surface area contributed by atoms with Gasteiger partial charge in [0.2, 0.25) is 0 Å². The van der Waals surface area contributed by atoms with Crippen molar-refractivity contribution in [3.63, 3.8) is 0 Å². The second kappa shape index (κ2) is 12.3. The van der Waals surface area contributed by atoms with E-state index in [9.17, 15) is 4.79 Å². The van der Waals surface area contributed by atoms with Crippen LogP contribution in [0.2, 0.25) is 5.15 Å². The van der Waals surface area contributed by atoms with Crippen molar-refractivity contribution in [2.45, 2.75) is 75.7 Å². The van der Waals surface area contributed by atoms with Crippen LogP contribution in [0, 0.1) is 0 Å². The van der Waals surface area contributed by atoms with Crippen molar-refractivity contribution >= 4 is 35.1 Å². The highest BCUT2D eigenvalue weighted by molar-refractivity contribution is 7.98. The van der Waals surface area contributed by atoms with Crippen LogP contribution >= 0.6 is 23.4 Å². The van der Waals surface area contributed by atoms with E-state index in [1.54, 1.807) is 11.8 Å². The zero-order valence-corrected chi connectivity index (χ0v) is 20.1. The molecule has 0 bridgehead atoms. The van der Waals surface area contributed by atoms with Crippen molar-refractivity contribution in [3.05, 3.63) is 46.6 Å². The summed E-state index contributed by atoms with van der Waals surface area (Å²) in [5.41, 5.74) is 1.85. The first-order chi connectivity index (χ1) is 15.1. The number of anilines is 1. The van der Waals surface area contributed by atoms with Crippen LogP contribution in [0.15, 0.2) is 35.5 Å². The molecule has 0 unspecified atom stereocenters. The number of thioether (sulfide) groups is 1. The molecule has 1 fully saturated rings. The Morgan fingerprint density at radius 2 is 1.77 bits per heavy atom. The van der Waals surface area contributed by atoms with Crippen molar-refractivity contribution in [1.29, 1.82) is 0 Å². The highest BCUT2D eigenvalue weighted by Gasteiger charge is 2.16. The average molecular weight is 461 g/mol. The van der Waals surface area contributed by atoms with Gasteiger partial charge in [0.25, 0.3) is 5.91 Å². The smallest absolute Gasteiger partial charge is 0.251 e. The number of nitrogens with zero attached hydrogens (tertiary/aromatic N) is 3. The topological polar surface area (TPSA) is 58.1 Å². The Hall–Kier alpha value is -1.79. The van der Waals surface area contributed by atoms with Crippen LogP contribution in [-0.2, 0) is 5.75 Å². The molecule has 0 atom stereocenters. The fraction of sp³-hybridized carbons (Fsp3) is 0.542. The standard InChI is InChI=1S/C24H33ClN4OS/c1-3-14-29(15-4-2)22-16-21(25)27-24(28-22)31-17-18-10-12-19(13-11-18)23(30)26-20-8-6-5-7-9-20/h10-13,16,20H,3-9,14-15,17H2,1-2H3,(H,26,30). The van der Waals surface area contributed by atoms with E-state index in [0.717, 1.165) is 61.5 Å². The number of amides is 1. The Morgan fingerprint density at radius 3 is 2.42 bits per heavy atom. The molecule has 7 heteroatoms. The van der Waals surface area contributed by atoms with Crippen LogP contribution in [-0.4, -0.2) is 35.0 Å². The lowest BCUT2D eigenvalue weighted by molar-refractivity contribution is 0.0927. The molecule has 1 aliphatic rings. The van der Waals surface area contributed by atoms with Gasteiger partial charge in [-0.1, -0.05) is 68.6 Å². The molecule has 0 spiro atoms. The molecule has 1 saturated carbocycles. The zero-order chi connectivity index (χ0) is 22.1. The van der Waals surface area contributed by atoms with Crippen LogP contribution in [0.4, 0.5) is 5.82 Å². The molecular weight excluding hydrogens is 428 g/mol. The van der Waals surface area contributed by atoms with Gasteiger partial charge in [0, 0.05) is 36.5 Å². The van der Waals surface area contributed by atoms with Crippen molar-refractivity contribution in [3.8, 4) is 0 Å². The summed E-state index contributed by atoms with van der Waals surface area (Å²) in [6, 6.07) is 10.00. The van der Waals surface area contributed by atoms with Crippen LogP contribution < -0.4 is 10.2 Å². The Kier molecular flexibility index (Phi) is 9.47. The molecule has 1 aromatic carbocycles. The van der Waals surface area contributed by atoms with Crippen LogP contribution in [0.1, 0.15) is 74.7 Å². The maximum absolute atomic E-state index is 12.5. The summed E-state index contributed by atoms with van der Waals surface area (Å²) in [6.45, 7) is 6.24. The molecular formula is C24H33ClN4OS. The normalized spacial score (nSPS) is 14.4. The molecule has 1 heterocycles. The number of nitrogens with one attached hydrogen (secondary N) is 1. The van der Waals surface area contributed by atoms with Gasteiger partial charge in [0.15, 0.2) is 5.16 Å². The van der Waals surface area contributed by atoms with E-state index in [2.05, 4.69) is 29.0 Å². The van der Waals surface area contributed by atoms with Crippen molar-refractivity contribution in [1.82, 2.24) is 15.3 Å². The number of carbonyl (C=O) groups excluding carboxylic acids is 1. The monoisotopic (exact) mass is 460 g/mol. The van der Waals surface area contributed by atoms with E-state index in [0.29, 0.717) is 16.4 Å². The maximum Gasteiger partial charge on any atom is 0.251 e. The van der Waals surface area contributed by atoms with E-state index in [1.807, 2.05) is 30.3 Å². The van der Waals surface area contributed by atoms with Gasteiger partial charge in [0.1, 0.15) is 11.0 Å². The van der Waals surface area contributed by atoms with Crippen molar-refractivity contribution in [2.24, 2.45) is 0 Å². The van der Waals surface area contributed by atoms with Gasteiger partial charge in [-0.2, -0.15) is 0 Å².